The predicted octanol–water partition coefficient (Wildman–Crippen LogP) is 3.32. The number of rotatable bonds is 6. The van der Waals surface area contributed by atoms with E-state index in [1.807, 2.05) is 55.6 Å². The van der Waals surface area contributed by atoms with Gasteiger partial charge in [0.2, 0.25) is 5.91 Å². The maximum Gasteiger partial charge on any atom is 0.228 e. The number of benzene rings is 1. The smallest absolute Gasteiger partial charge is 0.228 e. The van der Waals surface area contributed by atoms with Gasteiger partial charge in [-0.05, 0) is 37.0 Å². The van der Waals surface area contributed by atoms with Crippen LogP contribution in [0.1, 0.15) is 37.3 Å². The number of hydrogen-bond donors (Lipinski definition) is 1. The number of nitrogens with zero attached hydrogens (tertiary/aromatic N) is 1. The van der Waals surface area contributed by atoms with Crippen molar-refractivity contribution in [2.24, 2.45) is 0 Å². The summed E-state index contributed by atoms with van der Waals surface area (Å²) < 4.78 is 0. The Labute approximate surface area is 126 Å². The summed E-state index contributed by atoms with van der Waals surface area (Å²) in [6, 6.07) is 14.1. The van der Waals surface area contributed by atoms with E-state index in [2.05, 4.69) is 17.2 Å². The monoisotopic (exact) mass is 282 g/mol. The molecule has 3 heteroatoms. The Morgan fingerprint density at radius 2 is 1.95 bits per heavy atom. The van der Waals surface area contributed by atoms with Crippen LogP contribution in [0.25, 0.3) is 0 Å². The fourth-order valence-corrected chi connectivity index (χ4v) is 2.25. The fourth-order valence-electron chi connectivity index (χ4n) is 2.25. The highest BCUT2D eigenvalue weighted by Crippen LogP contribution is 2.21. The Bertz CT molecular complexity index is 554. The number of hydrogen-bond acceptors (Lipinski definition) is 2. The van der Waals surface area contributed by atoms with Gasteiger partial charge in [0.05, 0.1) is 5.92 Å². The molecule has 0 bridgehead atoms. The van der Waals surface area contributed by atoms with E-state index in [-0.39, 0.29) is 17.9 Å². The van der Waals surface area contributed by atoms with Crippen molar-refractivity contribution in [2.75, 3.05) is 0 Å². The lowest BCUT2D eigenvalue weighted by Crippen LogP contribution is -2.36. The molecular formula is C18H22N2O. The van der Waals surface area contributed by atoms with Gasteiger partial charge in [0.25, 0.3) is 0 Å². The van der Waals surface area contributed by atoms with Gasteiger partial charge in [-0.15, -0.1) is 0 Å². The summed E-state index contributed by atoms with van der Waals surface area (Å²) in [4.78, 5) is 16.7. The molecule has 1 N–H and O–H groups in total. The summed E-state index contributed by atoms with van der Waals surface area (Å²) in [6.45, 7) is 4.10. The third-order valence-electron chi connectivity index (χ3n) is 3.68. The van der Waals surface area contributed by atoms with Crippen LogP contribution in [0.4, 0.5) is 0 Å². The largest absolute Gasteiger partial charge is 0.353 e. The normalized spacial score (nSPS) is 13.4. The second kappa shape index (κ2) is 7.58. The van der Waals surface area contributed by atoms with Crippen molar-refractivity contribution in [1.29, 1.82) is 0 Å². The Morgan fingerprint density at radius 1 is 1.19 bits per heavy atom. The van der Waals surface area contributed by atoms with E-state index in [1.54, 1.807) is 6.20 Å². The van der Waals surface area contributed by atoms with Crippen LogP contribution in [0.15, 0.2) is 54.9 Å². The third kappa shape index (κ3) is 4.42. The zero-order chi connectivity index (χ0) is 15.1. The zero-order valence-corrected chi connectivity index (χ0v) is 12.6. The fraction of sp³-hybridized carbons (Fsp3) is 0.333. The molecule has 1 amide bonds. The summed E-state index contributed by atoms with van der Waals surface area (Å²) in [5.74, 6) is -0.0937. The first-order valence-electron chi connectivity index (χ1n) is 7.45. The van der Waals surface area contributed by atoms with Crippen LogP contribution in [0, 0.1) is 0 Å². The molecule has 3 nitrogen and oxygen atoms in total. The summed E-state index contributed by atoms with van der Waals surface area (Å²) in [5.41, 5.74) is 2.12. The first kappa shape index (κ1) is 15.2. The minimum absolute atomic E-state index is 0.0828. The molecule has 0 saturated carbocycles. The molecule has 2 aromatic rings. The Kier molecular flexibility index (Phi) is 5.50. The van der Waals surface area contributed by atoms with Crippen molar-refractivity contribution in [3.8, 4) is 0 Å². The number of aromatic nitrogens is 1. The van der Waals surface area contributed by atoms with Gasteiger partial charge in [0.15, 0.2) is 0 Å². The number of carbonyl (C=O) groups is 1. The maximum absolute atomic E-state index is 12.6. The molecule has 1 aromatic carbocycles. The Hall–Kier alpha value is -2.16. The maximum atomic E-state index is 12.6. The van der Waals surface area contributed by atoms with Crippen LogP contribution in [0.5, 0.6) is 0 Å². The highest BCUT2D eigenvalue weighted by molar-refractivity contribution is 5.84. The van der Waals surface area contributed by atoms with Crippen molar-refractivity contribution in [3.05, 3.63) is 66.0 Å². The molecule has 2 unspecified atom stereocenters. The average Bonchev–Trinajstić information content (AvgIpc) is 2.54. The SMILES string of the molecule is CCC(C)NC(=O)C(Cc1cccnc1)c1ccccc1. The van der Waals surface area contributed by atoms with E-state index in [4.69, 9.17) is 0 Å². The van der Waals surface area contributed by atoms with Crippen LogP contribution in [0.3, 0.4) is 0 Å². The second-order valence-electron chi connectivity index (χ2n) is 5.35. The summed E-state index contributed by atoms with van der Waals surface area (Å²) >= 11 is 0. The highest BCUT2D eigenvalue weighted by Gasteiger charge is 2.22. The molecule has 2 atom stereocenters. The van der Waals surface area contributed by atoms with Crippen molar-refractivity contribution in [3.63, 3.8) is 0 Å². The molecule has 1 aromatic heterocycles. The van der Waals surface area contributed by atoms with Gasteiger partial charge in [-0.1, -0.05) is 43.3 Å². The molecule has 21 heavy (non-hydrogen) atoms. The molecule has 2 rings (SSSR count). The lowest BCUT2D eigenvalue weighted by atomic mass is 9.91. The minimum Gasteiger partial charge on any atom is -0.353 e. The average molecular weight is 282 g/mol. The summed E-state index contributed by atoms with van der Waals surface area (Å²) in [6.07, 6.45) is 5.17. The molecule has 0 radical (unpaired) electrons. The Morgan fingerprint density at radius 3 is 2.57 bits per heavy atom. The zero-order valence-electron chi connectivity index (χ0n) is 12.6. The van der Waals surface area contributed by atoms with Gasteiger partial charge >= 0.3 is 0 Å². The Balaban J connectivity index is 2.20. The number of carbonyl (C=O) groups excluding carboxylic acids is 1. The lowest BCUT2D eigenvalue weighted by molar-refractivity contribution is -0.123. The van der Waals surface area contributed by atoms with Gasteiger partial charge in [-0.2, -0.15) is 0 Å². The molecule has 0 fully saturated rings. The number of nitrogens with one attached hydrogen (secondary N) is 1. The first-order chi connectivity index (χ1) is 10.2. The molecular weight excluding hydrogens is 260 g/mol. The van der Waals surface area contributed by atoms with Crippen LogP contribution >= 0.6 is 0 Å². The van der Waals surface area contributed by atoms with E-state index >= 15 is 0 Å². The van der Waals surface area contributed by atoms with Crippen LogP contribution < -0.4 is 5.32 Å². The van der Waals surface area contributed by atoms with Gasteiger partial charge in [0.1, 0.15) is 0 Å². The molecule has 1 heterocycles. The molecule has 110 valence electrons. The molecule has 0 aliphatic carbocycles. The van der Waals surface area contributed by atoms with Crippen LogP contribution in [0.2, 0.25) is 0 Å². The molecule has 0 aliphatic rings. The quantitative estimate of drug-likeness (QED) is 0.883. The van der Waals surface area contributed by atoms with Crippen molar-refractivity contribution < 1.29 is 4.79 Å². The van der Waals surface area contributed by atoms with Gasteiger partial charge in [-0.3, -0.25) is 9.78 Å². The topological polar surface area (TPSA) is 42.0 Å². The van der Waals surface area contributed by atoms with Crippen LogP contribution in [-0.4, -0.2) is 16.9 Å². The van der Waals surface area contributed by atoms with Gasteiger partial charge < -0.3 is 5.32 Å². The first-order valence-corrected chi connectivity index (χ1v) is 7.45. The van der Waals surface area contributed by atoms with Gasteiger partial charge in [-0.25, -0.2) is 0 Å². The highest BCUT2D eigenvalue weighted by atomic mass is 16.1. The summed E-state index contributed by atoms with van der Waals surface area (Å²) in [5, 5.41) is 3.09. The van der Waals surface area contributed by atoms with Crippen molar-refractivity contribution >= 4 is 5.91 Å². The van der Waals surface area contributed by atoms with Crippen molar-refractivity contribution in [1.82, 2.24) is 10.3 Å². The van der Waals surface area contributed by atoms with E-state index in [9.17, 15) is 4.79 Å². The predicted molar refractivity (Wildman–Crippen MR) is 85.0 cm³/mol. The molecule has 0 saturated heterocycles. The van der Waals surface area contributed by atoms with Gasteiger partial charge in [0, 0.05) is 18.4 Å². The van der Waals surface area contributed by atoms with Crippen LogP contribution in [-0.2, 0) is 11.2 Å². The second-order valence-corrected chi connectivity index (χ2v) is 5.35. The van der Waals surface area contributed by atoms with E-state index in [0.29, 0.717) is 6.42 Å². The standard InChI is InChI=1S/C18H22N2O/c1-3-14(2)20-18(21)17(16-9-5-4-6-10-16)12-15-8-7-11-19-13-15/h4-11,13-14,17H,3,12H2,1-2H3,(H,20,21). The number of amides is 1. The summed E-state index contributed by atoms with van der Waals surface area (Å²) in [7, 11) is 0. The van der Waals surface area contributed by atoms with E-state index in [1.165, 1.54) is 0 Å². The lowest BCUT2D eigenvalue weighted by Gasteiger charge is -2.20. The number of pyridine rings is 1. The minimum atomic E-state index is -0.176. The molecule has 0 aliphatic heterocycles. The van der Waals surface area contributed by atoms with E-state index < -0.39 is 0 Å². The van der Waals surface area contributed by atoms with Crippen molar-refractivity contribution in [2.45, 2.75) is 38.6 Å². The van der Waals surface area contributed by atoms with E-state index in [0.717, 1.165) is 17.5 Å². The molecule has 0 spiro atoms. The third-order valence-corrected chi connectivity index (χ3v) is 3.68.